The van der Waals surface area contributed by atoms with Crippen molar-refractivity contribution < 1.29 is 34.1 Å². The number of para-hydroxylation sites is 2. The van der Waals surface area contributed by atoms with E-state index in [1.165, 1.54) is 12.1 Å². The van der Waals surface area contributed by atoms with Crippen molar-refractivity contribution in [2.45, 2.75) is 6.92 Å². The number of hydrogen-bond acceptors (Lipinski definition) is 5. The maximum atomic E-state index is 12.9. The minimum atomic E-state index is -1.34. The maximum Gasteiger partial charge on any atom is 0.335 e. The molecule has 168 valence electrons. The number of carboxylic acids is 2. The van der Waals surface area contributed by atoms with E-state index in [1.54, 1.807) is 43.3 Å². The second kappa shape index (κ2) is 10.1. The van der Waals surface area contributed by atoms with Gasteiger partial charge < -0.3 is 25.6 Å². The van der Waals surface area contributed by atoms with E-state index in [2.05, 4.69) is 10.6 Å². The lowest BCUT2D eigenvalue weighted by Crippen LogP contribution is -2.19. The van der Waals surface area contributed by atoms with Crippen molar-refractivity contribution in [2.24, 2.45) is 0 Å². The van der Waals surface area contributed by atoms with Crippen LogP contribution < -0.4 is 15.4 Å². The van der Waals surface area contributed by atoms with Gasteiger partial charge in [0.25, 0.3) is 11.8 Å². The average molecular weight is 448 g/mol. The van der Waals surface area contributed by atoms with Crippen molar-refractivity contribution >= 4 is 35.1 Å². The number of nitrogens with one attached hydrogen (secondary N) is 2. The Kier molecular flexibility index (Phi) is 7.04. The van der Waals surface area contributed by atoms with E-state index in [9.17, 15) is 29.4 Å². The summed E-state index contributed by atoms with van der Waals surface area (Å²) in [6, 6.07) is 16.2. The first-order chi connectivity index (χ1) is 15.8. The molecule has 2 amide bonds. The van der Waals surface area contributed by atoms with Gasteiger partial charge in [-0.2, -0.15) is 0 Å². The third kappa shape index (κ3) is 5.53. The Bertz CT molecular complexity index is 1200. The summed E-state index contributed by atoms with van der Waals surface area (Å²) in [5.74, 6) is -3.43. The summed E-state index contributed by atoms with van der Waals surface area (Å²) in [6.45, 7) is 2.17. The summed E-state index contributed by atoms with van der Waals surface area (Å²) in [7, 11) is 0. The Balaban J connectivity index is 1.88. The summed E-state index contributed by atoms with van der Waals surface area (Å²) in [5.41, 5.74) is -0.00919. The zero-order valence-corrected chi connectivity index (χ0v) is 17.5. The van der Waals surface area contributed by atoms with Gasteiger partial charge in [-0.3, -0.25) is 9.59 Å². The smallest absolute Gasteiger partial charge is 0.335 e. The van der Waals surface area contributed by atoms with Crippen molar-refractivity contribution in [3.8, 4) is 5.75 Å². The molecule has 0 heterocycles. The zero-order valence-electron chi connectivity index (χ0n) is 17.5. The summed E-state index contributed by atoms with van der Waals surface area (Å²) in [4.78, 5) is 48.3. The van der Waals surface area contributed by atoms with Gasteiger partial charge in [-0.05, 0) is 49.4 Å². The standard InChI is InChI=1S/C24H20N2O7/c1-2-33-20-10-6-4-8-18(20)22(28)26-19-9-5-3-7-17(19)21(27)25-16-12-14(23(29)30)11-15(13-16)24(31)32/h3-13H,2H2,1H3,(H,25,27)(H,26,28)(H,29,30)(H,31,32). The van der Waals surface area contributed by atoms with Gasteiger partial charge in [0.05, 0.1) is 34.5 Å². The van der Waals surface area contributed by atoms with Crippen molar-refractivity contribution in [1.29, 1.82) is 0 Å². The summed E-state index contributed by atoms with van der Waals surface area (Å²) in [5, 5.41) is 23.6. The van der Waals surface area contributed by atoms with Gasteiger partial charge in [0.15, 0.2) is 0 Å². The predicted octanol–water partition coefficient (Wildman–Crippen LogP) is 3.99. The number of carboxylic acid groups (broad SMARTS) is 2. The zero-order chi connectivity index (χ0) is 24.0. The lowest BCUT2D eigenvalue weighted by molar-refractivity contribution is 0.0696. The van der Waals surface area contributed by atoms with Crippen LogP contribution in [-0.4, -0.2) is 40.6 Å². The average Bonchev–Trinajstić information content (AvgIpc) is 2.79. The van der Waals surface area contributed by atoms with Gasteiger partial charge in [0.1, 0.15) is 5.75 Å². The molecule has 3 aromatic carbocycles. The molecule has 0 aliphatic heterocycles. The number of ether oxygens (including phenoxy) is 1. The summed E-state index contributed by atoms with van der Waals surface area (Å²) < 4.78 is 5.48. The predicted molar refractivity (Wildman–Crippen MR) is 120 cm³/mol. The van der Waals surface area contributed by atoms with E-state index in [-0.39, 0.29) is 33.6 Å². The van der Waals surface area contributed by atoms with Crippen LogP contribution in [-0.2, 0) is 0 Å². The molecule has 0 atom stereocenters. The molecule has 0 saturated heterocycles. The number of anilines is 2. The molecular formula is C24H20N2O7. The van der Waals surface area contributed by atoms with Crippen LogP contribution in [0.5, 0.6) is 5.75 Å². The SMILES string of the molecule is CCOc1ccccc1C(=O)Nc1ccccc1C(=O)Nc1cc(C(=O)O)cc(C(=O)O)c1. The number of carbonyl (C=O) groups is 4. The highest BCUT2D eigenvalue weighted by molar-refractivity contribution is 6.13. The summed E-state index contributed by atoms with van der Waals surface area (Å²) >= 11 is 0. The van der Waals surface area contributed by atoms with Gasteiger partial charge in [0, 0.05) is 5.69 Å². The molecule has 9 nitrogen and oxygen atoms in total. The second-order valence-electron chi connectivity index (χ2n) is 6.79. The molecule has 0 bridgehead atoms. The number of hydrogen-bond donors (Lipinski definition) is 4. The van der Waals surface area contributed by atoms with Crippen LogP contribution in [0.1, 0.15) is 48.4 Å². The third-order valence-corrected chi connectivity index (χ3v) is 4.54. The van der Waals surface area contributed by atoms with E-state index < -0.39 is 23.8 Å². The van der Waals surface area contributed by atoms with Crippen molar-refractivity contribution in [2.75, 3.05) is 17.2 Å². The number of aromatic carboxylic acids is 2. The Morgan fingerprint density at radius 3 is 1.91 bits per heavy atom. The minimum absolute atomic E-state index is 0.0138. The van der Waals surface area contributed by atoms with E-state index in [0.29, 0.717) is 12.4 Å². The van der Waals surface area contributed by atoms with Crippen LogP contribution in [0.4, 0.5) is 11.4 Å². The normalized spacial score (nSPS) is 10.2. The van der Waals surface area contributed by atoms with E-state index in [0.717, 1.165) is 18.2 Å². The molecule has 33 heavy (non-hydrogen) atoms. The van der Waals surface area contributed by atoms with E-state index >= 15 is 0 Å². The lowest BCUT2D eigenvalue weighted by Gasteiger charge is -2.14. The molecule has 0 aliphatic carbocycles. The van der Waals surface area contributed by atoms with Gasteiger partial charge in [0.2, 0.25) is 0 Å². The molecule has 0 aromatic heterocycles. The van der Waals surface area contributed by atoms with Crippen LogP contribution in [0.25, 0.3) is 0 Å². The molecule has 0 fully saturated rings. The highest BCUT2D eigenvalue weighted by atomic mass is 16.5. The molecule has 4 N–H and O–H groups in total. The van der Waals surface area contributed by atoms with Crippen molar-refractivity contribution in [3.05, 3.63) is 89.0 Å². The minimum Gasteiger partial charge on any atom is -0.493 e. The van der Waals surface area contributed by atoms with Crippen LogP contribution in [0, 0.1) is 0 Å². The van der Waals surface area contributed by atoms with Crippen LogP contribution in [0.15, 0.2) is 66.7 Å². The van der Waals surface area contributed by atoms with Gasteiger partial charge in [-0.1, -0.05) is 24.3 Å². The first-order valence-electron chi connectivity index (χ1n) is 9.85. The highest BCUT2D eigenvalue weighted by Crippen LogP contribution is 2.23. The summed E-state index contributed by atoms with van der Waals surface area (Å²) in [6.07, 6.45) is 0. The van der Waals surface area contributed by atoms with Crippen molar-refractivity contribution in [3.63, 3.8) is 0 Å². The Hall–Kier alpha value is -4.66. The van der Waals surface area contributed by atoms with E-state index in [4.69, 9.17) is 4.74 Å². The third-order valence-electron chi connectivity index (χ3n) is 4.54. The monoisotopic (exact) mass is 448 g/mol. The van der Waals surface area contributed by atoms with Crippen LogP contribution >= 0.6 is 0 Å². The molecule has 0 unspecified atom stereocenters. The van der Waals surface area contributed by atoms with E-state index in [1.807, 2.05) is 0 Å². The number of amides is 2. The molecule has 0 aliphatic rings. The largest absolute Gasteiger partial charge is 0.493 e. The Morgan fingerprint density at radius 1 is 0.758 bits per heavy atom. The van der Waals surface area contributed by atoms with Gasteiger partial charge >= 0.3 is 11.9 Å². The molecular weight excluding hydrogens is 428 g/mol. The highest BCUT2D eigenvalue weighted by Gasteiger charge is 2.18. The van der Waals surface area contributed by atoms with Crippen LogP contribution in [0.2, 0.25) is 0 Å². The molecule has 0 radical (unpaired) electrons. The second-order valence-corrected chi connectivity index (χ2v) is 6.79. The first kappa shape index (κ1) is 23.0. The quantitative estimate of drug-likeness (QED) is 0.408. The first-order valence-corrected chi connectivity index (χ1v) is 9.85. The fraction of sp³-hybridized carbons (Fsp3) is 0.0833. The van der Waals surface area contributed by atoms with Crippen LogP contribution in [0.3, 0.4) is 0 Å². The van der Waals surface area contributed by atoms with Gasteiger partial charge in [-0.25, -0.2) is 9.59 Å². The fourth-order valence-electron chi connectivity index (χ4n) is 3.06. The lowest BCUT2D eigenvalue weighted by atomic mass is 10.1. The van der Waals surface area contributed by atoms with Crippen molar-refractivity contribution in [1.82, 2.24) is 0 Å². The molecule has 0 saturated carbocycles. The maximum absolute atomic E-state index is 12.9. The Morgan fingerprint density at radius 2 is 1.30 bits per heavy atom. The number of rotatable bonds is 8. The molecule has 3 aromatic rings. The number of carbonyl (C=O) groups excluding carboxylic acids is 2. The number of benzene rings is 3. The fourth-order valence-corrected chi connectivity index (χ4v) is 3.06. The topological polar surface area (TPSA) is 142 Å². The molecule has 3 rings (SSSR count). The van der Waals surface area contributed by atoms with Gasteiger partial charge in [-0.15, -0.1) is 0 Å². The molecule has 9 heteroatoms. The Labute approximate surface area is 188 Å². The molecule has 0 spiro atoms.